The molecule has 0 aliphatic rings. The van der Waals surface area contributed by atoms with Crippen LogP contribution in [0.1, 0.15) is 0 Å². The number of amides is 1. The van der Waals surface area contributed by atoms with E-state index in [0.717, 1.165) is 39.0 Å². The second-order valence-electron chi connectivity index (χ2n) is 6.94. The number of benzene rings is 1. The third kappa shape index (κ3) is 4.62. The highest BCUT2D eigenvalue weighted by Crippen LogP contribution is 2.31. The molecule has 0 fully saturated rings. The zero-order chi connectivity index (χ0) is 21.6. The molecule has 0 bridgehead atoms. The number of carbonyl (C=O) groups is 1. The number of ether oxygens (including phenoxy) is 1. The fraction of sp³-hybridized carbons (Fsp3) is 0.125. The number of fused-ring (bicyclic) bond motifs is 1. The van der Waals surface area contributed by atoms with Crippen LogP contribution < -0.4 is 15.4 Å². The Morgan fingerprint density at radius 1 is 1.10 bits per heavy atom. The van der Waals surface area contributed by atoms with E-state index >= 15 is 0 Å². The molecule has 0 aliphatic carbocycles. The van der Waals surface area contributed by atoms with Crippen molar-refractivity contribution in [2.45, 2.75) is 0 Å². The summed E-state index contributed by atoms with van der Waals surface area (Å²) in [6.45, 7) is 0.641. The van der Waals surface area contributed by atoms with E-state index in [2.05, 4.69) is 31.7 Å². The Balaban J connectivity index is 1.63. The van der Waals surface area contributed by atoms with Gasteiger partial charge < -0.3 is 20.4 Å². The maximum Gasteiger partial charge on any atom is 0.248 e. The number of hydrogen-bond donors (Lipinski definition) is 3. The van der Waals surface area contributed by atoms with E-state index in [-0.39, 0.29) is 5.91 Å². The third-order valence-corrected chi connectivity index (χ3v) is 4.84. The minimum absolute atomic E-state index is 0.166. The Morgan fingerprint density at radius 2 is 1.97 bits per heavy atom. The zero-order valence-corrected chi connectivity index (χ0v) is 17.3. The quantitative estimate of drug-likeness (QED) is 0.398. The Hall–Kier alpha value is -3.97. The van der Waals surface area contributed by atoms with Gasteiger partial charge in [-0.15, -0.1) is 0 Å². The number of nitrogens with one attached hydrogen (secondary N) is 3. The van der Waals surface area contributed by atoms with E-state index in [1.54, 1.807) is 19.4 Å². The van der Waals surface area contributed by atoms with Crippen molar-refractivity contribution in [2.24, 2.45) is 0 Å². The van der Waals surface area contributed by atoms with Crippen molar-refractivity contribution >= 4 is 22.6 Å². The molecule has 0 atom stereocenters. The van der Waals surface area contributed by atoms with Gasteiger partial charge >= 0.3 is 0 Å². The lowest BCUT2D eigenvalue weighted by molar-refractivity contribution is -0.111. The molecule has 0 spiro atoms. The summed E-state index contributed by atoms with van der Waals surface area (Å²) in [5.41, 5.74) is 5.43. The highest BCUT2D eigenvalue weighted by atomic mass is 16.5. The van der Waals surface area contributed by atoms with Gasteiger partial charge in [0.2, 0.25) is 11.8 Å². The summed E-state index contributed by atoms with van der Waals surface area (Å²) in [5.74, 6) is 0.406. The number of carbonyl (C=O) groups excluding carboxylic acids is 1. The molecule has 3 N–H and O–H groups in total. The fourth-order valence-electron chi connectivity index (χ4n) is 3.30. The van der Waals surface area contributed by atoms with Crippen LogP contribution in [0.25, 0.3) is 33.3 Å². The maximum absolute atomic E-state index is 12.1. The predicted octanol–water partition coefficient (Wildman–Crippen LogP) is 4.01. The first-order valence-corrected chi connectivity index (χ1v) is 9.88. The average molecular weight is 413 g/mol. The second kappa shape index (κ2) is 9.23. The average Bonchev–Trinajstić information content (AvgIpc) is 3.23. The molecule has 7 nitrogen and oxygen atoms in total. The van der Waals surface area contributed by atoms with Gasteiger partial charge in [-0.25, -0.2) is 9.97 Å². The number of aromatic nitrogens is 3. The van der Waals surface area contributed by atoms with Crippen molar-refractivity contribution in [1.82, 2.24) is 20.3 Å². The number of methoxy groups -OCH3 is 1. The highest BCUT2D eigenvalue weighted by molar-refractivity contribution is 6.00. The number of aromatic amines is 1. The molecular weight excluding hydrogens is 390 g/mol. The summed E-state index contributed by atoms with van der Waals surface area (Å²) >= 11 is 0. The molecule has 0 saturated carbocycles. The standard InChI is InChI=1S/C24H23N5O2/c1-25-10-4-7-22(30)29-19-6-3-5-16(11-19)18-12-20-21(15-28-24(20)27-14-18)17-8-9-23(31-2)26-13-17/h3-9,11-15,25H,10H2,1-2H3,(H,27,28)(H,29,30)/b7-4+. The van der Waals surface area contributed by atoms with Crippen molar-refractivity contribution in [3.05, 3.63) is 73.2 Å². The van der Waals surface area contributed by atoms with E-state index in [0.29, 0.717) is 12.4 Å². The Labute approximate surface area is 180 Å². The van der Waals surface area contributed by atoms with Crippen molar-refractivity contribution in [1.29, 1.82) is 0 Å². The van der Waals surface area contributed by atoms with Crippen LogP contribution in [0, 0.1) is 0 Å². The number of anilines is 1. The number of nitrogens with zero attached hydrogens (tertiary/aromatic N) is 2. The van der Waals surface area contributed by atoms with Gasteiger partial charge in [-0.1, -0.05) is 18.2 Å². The van der Waals surface area contributed by atoms with Crippen molar-refractivity contribution < 1.29 is 9.53 Å². The summed E-state index contributed by atoms with van der Waals surface area (Å²) in [7, 11) is 3.43. The van der Waals surface area contributed by atoms with E-state index in [1.807, 2.05) is 55.8 Å². The predicted molar refractivity (Wildman–Crippen MR) is 123 cm³/mol. The van der Waals surface area contributed by atoms with E-state index in [4.69, 9.17) is 4.74 Å². The van der Waals surface area contributed by atoms with Crippen LogP contribution in [0.4, 0.5) is 5.69 Å². The lowest BCUT2D eigenvalue weighted by Gasteiger charge is -2.07. The molecule has 3 heterocycles. The molecule has 0 aliphatic heterocycles. The minimum Gasteiger partial charge on any atom is -0.481 e. The van der Waals surface area contributed by atoms with Gasteiger partial charge in [-0.05, 0) is 36.9 Å². The molecular formula is C24H23N5O2. The molecule has 4 aromatic rings. The van der Waals surface area contributed by atoms with Crippen LogP contribution >= 0.6 is 0 Å². The normalized spacial score (nSPS) is 11.2. The number of likely N-dealkylation sites (N-methyl/N-ethyl adjacent to an activating group) is 1. The first-order chi connectivity index (χ1) is 15.2. The summed E-state index contributed by atoms with van der Waals surface area (Å²) in [4.78, 5) is 24.2. The van der Waals surface area contributed by atoms with Gasteiger partial charge in [0.25, 0.3) is 0 Å². The van der Waals surface area contributed by atoms with Crippen molar-refractivity contribution in [2.75, 3.05) is 26.0 Å². The van der Waals surface area contributed by atoms with E-state index in [1.165, 1.54) is 6.08 Å². The molecule has 0 unspecified atom stereocenters. The Morgan fingerprint density at radius 3 is 2.74 bits per heavy atom. The van der Waals surface area contributed by atoms with Crippen LogP contribution in [0.5, 0.6) is 5.88 Å². The molecule has 156 valence electrons. The fourth-order valence-corrected chi connectivity index (χ4v) is 3.30. The van der Waals surface area contributed by atoms with Crippen LogP contribution in [0.3, 0.4) is 0 Å². The first-order valence-electron chi connectivity index (χ1n) is 9.88. The van der Waals surface area contributed by atoms with Gasteiger partial charge in [-0.2, -0.15) is 0 Å². The number of hydrogen-bond acceptors (Lipinski definition) is 5. The van der Waals surface area contributed by atoms with Gasteiger partial charge in [0.05, 0.1) is 7.11 Å². The third-order valence-electron chi connectivity index (χ3n) is 4.84. The van der Waals surface area contributed by atoms with Gasteiger partial charge in [0, 0.05) is 65.0 Å². The Bertz CT molecular complexity index is 1230. The smallest absolute Gasteiger partial charge is 0.248 e. The summed E-state index contributed by atoms with van der Waals surface area (Å²) in [6.07, 6.45) is 8.83. The highest BCUT2D eigenvalue weighted by Gasteiger charge is 2.10. The van der Waals surface area contributed by atoms with Crippen LogP contribution in [0.2, 0.25) is 0 Å². The topological polar surface area (TPSA) is 91.9 Å². The van der Waals surface area contributed by atoms with Crippen LogP contribution in [0.15, 0.2) is 73.2 Å². The molecule has 1 aromatic carbocycles. The second-order valence-corrected chi connectivity index (χ2v) is 6.94. The molecule has 3 aromatic heterocycles. The first kappa shape index (κ1) is 20.3. The van der Waals surface area contributed by atoms with Crippen LogP contribution in [-0.4, -0.2) is 41.6 Å². The van der Waals surface area contributed by atoms with Crippen molar-refractivity contribution in [3.63, 3.8) is 0 Å². The lowest BCUT2D eigenvalue weighted by Crippen LogP contribution is -2.10. The van der Waals surface area contributed by atoms with E-state index < -0.39 is 0 Å². The van der Waals surface area contributed by atoms with E-state index in [9.17, 15) is 4.79 Å². The molecule has 31 heavy (non-hydrogen) atoms. The minimum atomic E-state index is -0.166. The molecule has 0 saturated heterocycles. The van der Waals surface area contributed by atoms with Crippen LogP contribution in [-0.2, 0) is 4.79 Å². The van der Waals surface area contributed by atoms with Gasteiger partial charge in [0.1, 0.15) is 5.65 Å². The summed E-state index contributed by atoms with van der Waals surface area (Å²) in [6, 6.07) is 13.6. The summed E-state index contributed by atoms with van der Waals surface area (Å²) in [5, 5.41) is 6.85. The molecule has 7 heteroatoms. The zero-order valence-electron chi connectivity index (χ0n) is 17.3. The lowest BCUT2D eigenvalue weighted by atomic mass is 10.0. The molecule has 1 amide bonds. The van der Waals surface area contributed by atoms with Crippen molar-refractivity contribution in [3.8, 4) is 28.1 Å². The number of pyridine rings is 2. The largest absolute Gasteiger partial charge is 0.481 e. The number of rotatable bonds is 7. The SMILES string of the molecule is CNC/C=C/C(=O)Nc1cccc(-c2cnc3[nH]cc(-c4ccc(OC)nc4)c3c2)c1. The van der Waals surface area contributed by atoms with Gasteiger partial charge in [0.15, 0.2) is 0 Å². The molecule has 4 rings (SSSR count). The summed E-state index contributed by atoms with van der Waals surface area (Å²) < 4.78 is 5.15. The molecule has 0 radical (unpaired) electrons. The maximum atomic E-state index is 12.1. The Kier molecular flexibility index (Phi) is 6.05. The number of H-pyrrole nitrogens is 1. The van der Waals surface area contributed by atoms with Gasteiger partial charge in [-0.3, -0.25) is 4.79 Å². The monoisotopic (exact) mass is 413 g/mol.